The maximum atomic E-state index is 12.6. The van der Waals surface area contributed by atoms with Crippen LogP contribution in [0.15, 0.2) is 6.33 Å². The summed E-state index contributed by atoms with van der Waals surface area (Å²) < 4.78 is 1.91. The standard InChI is InChI=1S/C17H30N6O2/c1-5-22-12-19-20-15(22)11-21(4)16(24)10-14-17(25)18-7-9-23(14)8-6-13(2)3/h12-14H,5-11H2,1-4H3,(H,18,25)/t14-/m1/s1. The molecule has 1 aromatic rings. The minimum atomic E-state index is -0.383. The van der Waals surface area contributed by atoms with Crippen LogP contribution >= 0.6 is 0 Å². The molecule has 2 heterocycles. The van der Waals surface area contributed by atoms with Gasteiger partial charge in [-0.25, -0.2) is 0 Å². The Balaban J connectivity index is 1.96. The van der Waals surface area contributed by atoms with Crippen molar-refractivity contribution in [1.82, 2.24) is 29.9 Å². The van der Waals surface area contributed by atoms with Crippen LogP contribution < -0.4 is 5.32 Å². The lowest BCUT2D eigenvalue weighted by Crippen LogP contribution is -2.56. The van der Waals surface area contributed by atoms with Gasteiger partial charge in [0.05, 0.1) is 19.0 Å². The Hall–Kier alpha value is -1.96. The molecule has 1 saturated heterocycles. The fraction of sp³-hybridized carbons (Fsp3) is 0.765. The van der Waals surface area contributed by atoms with Crippen molar-refractivity contribution in [1.29, 1.82) is 0 Å². The normalized spacial score (nSPS) is 18.4. The van der Waals surface area contributed by atoms with E-state index in [1.54, 1.807) is 18.3 Å². The molecule has 1 aliphatic rings. The molecule has 0 unspecified atom stereocenters. The molecule has 2 rings (SSSR count). The summed E-state index contributed by atoms with van der Waals surface area (Å²) in [4.78, 5) is 28.7. The van der Waals surface area contributed by atoms with Crippen LogP contribution in [0.1, 0.15) is 39.4 Å². The maximum Gasteiger partial charge on any atom is 0.237 e. The van der Waals surface area contributed by atoms with Crippen LogP contribution in [0.5, 0.6) is 0 Å². The SMILES string of the molecule is CCn1cnnc1CN(C)C(=O)C[C@@H]1C(=O)NCCN1CCC(C)C. The minimum absolute atomic E-state index is 0.0477. The molecule has 1 aromatic heterocycles. The van der Waals surface area contributed by atoms with Gasteiger partial charge in [0.25, 0.3) is 0 Å². The zero-order valence-electron chi connectivity index (χ0n) is 15.7. The summed E-state index contributed by atoms with van der Waals surface area (Å²) in [5.74, 6) is 1.23. The van der Waals surface area contributed by atoms with Gasteiger partial charge in [-0.2, -0.15) is 0 Å². The van der Waals surface area contributed by atoms with Crippen LogP contribution in [0.2, 0.25) is 0 Å². The Morgan fingerprint density at radius 1 is 1.48 bits per heavy atom. The van der Waals surface area contributed by atoms with Gasteiger partial charge in [-0.05, 0) is 25.8 Å². The van der Waals surface area contributed by atoms with E-state index >= 15 is 0 Å². The van der Waals surface area contributed by atoms with Crippen molar-refractivity contribution in [2.24, 2.45) is 5.92 Å². The van der Waals surface area contributed by atoms with Crippen molar-refractivity contribution in [3.05, 3.63) is 12.2 Å². The zero-order valence-corrected chi connectivity index (χ0v) is 15.7. The van der Waals surface area contributed by atoms with Crippen LogP contribution in [0.25, 0.3) is 0 Å². The van der Waals surface area contributed by atoms with Crippen LogP contribution in [-0.2, 0) is 22.7 Å². The van der Waals surface area contributed by atoms with E-state index in [4.69, 9.17) is 0 Å². The van der Waals surface area contributed by atoms with Crippen molar-refractivity contribution in [2.45, 2.75) is 52.7 Å². The van der Waals surface area contributed by atoms with Gasteiger partial charge in [0.2, 0.25) is 11.8 Å². The molecule has 1 aliphatic heterocycles. The number of hydrogen-bond donors (Lipinski definition) is 1. The molecule has 1 fully saturated rings. The topological polar surface area (TPSA) is 83.4 Å². The molecule has 25 heavy (non-hydrogen) atoms. The number of hydrogen-bond acceptors (Lipinski definition) is 5. The highest BCUT2D eigenvalue weighted by Crippen LogP contribution is 2.14. The second kappa shape index (κ2) is 8.94. The fourth-order valence-electron chi connectivity index (χ4n) is 2.96. The Morgan fingerprint density at radius 3 is 2.92 bits per heavy atom. The van der Waals surface area contributed by atoms with Gasteiger partial charge in [-0.15, -0.1) is 10.2 Å². The molecular formula is C17H30N6O2. The number of nitrogens with zero attached hydrogens (tertiary/aromatic N) is 5. The van der Waals surface area contributed by atoms with E-state index in [0.717, 1.165) is 31.9 Å². The third-order valence-electron chi connectivity index (χ3n) is 4.64. The minimum Gasteiger partial charge on any atom is -0.353 e. The first-order chi connectivity index (χ1) is 11.9. The monoisotopic (exact) mass is 350 g/mol. The highest BCUT2D eigenvalue weighted by molar-refractivity contribution is 5.88. The molecule has 0 aliphatic carbocycles. The van der Waals surface area contributed by atoms with E-state index in [9.17, 15) is 9.59 Å². The predicted octanol–water partition coefficient (Wildman–Crippen LogP) is 0.493. The number of aromatic nitrogens is 3. The average molecular weight is 350 g/mol. The number of carbonyl (C=O) groups excluding carboxylic acids is 2. The van der Waals surface area contributed by atoms with Gasteiger partial charge in [-0.1, -0.05) is 13.8 Å². The van der Waals surface area contributed by atoms with E-state index in [1.807, 2.05) is 11.5 Å². The molecular weight excluding hydrogens is 320 g/mol. The Kier molecular flexibility index (Phi) is 6.92. The first-order valence-corrected chi connectivity index (χ1v) is 9.04. The second-order valence-electron chi connectivity index (χ2n) is 7.01. The quantitative estimate of drug-likeness (QED) is 0.738. The number of piperazine rings is 1. The summed E-state index contributed by atoms with van der Waals surface area (Å²) in [7, 11) is 1.75. The molecule has 0 radical (unpaired) electrons. The smallest absolute Gasteiger partial charge is 0.237 e. The molecule has 0 spiro atoms. The second-order valence-corrected chi connectivity index (χ2v) is 7.01. The molecule has 1 atom stereocenters. The molecule has 8 heteroatoms. The summed E-state index contributed by atoms with van der Waals surface area (Å²) in [6.45, 7) is 9.79. The fourth-order valence-corrected chi connectivity index (χ4v) is 2.96. The third-order valence-corrected chi connectivity index (χ3v) is 4.64. The Bertz CT molecular complexity index is 585. The Labute approximate surface area is 149 Å². The lowest BCUT2D eigenvalue weighted by molar-refractivity contribution is -0.138. The van der Waals surface area contributed by atoms with E-state index in [2.05, 4.69) is 34.3 Å². The maximum absolute atomic E-state index is 12.6. The highest BCUT2D eigenvalue weighted by Gasteiger charge is 2.32. The Morgan fingerprint density at radius 2 is 2.24 bits per heavy atom. The molecule has 2 amide bonds. The molecule has 0 aromatic carbocycles. The van der Waals surface area contributed by atoms with Crippen molar-refractivity contribution in [2.75, 3.05) is 26.7 Å². The van der Waals surface area contributed by atoms with E-state index in [1.165, 1.54) is 0 Å². The number of amides is 2. The van der Waals surface area contributed by atoms with Gasteiger partial charge >= 0.3 is 0 Å². The summed E-state index contributed by atoms with van der Waals surface area (Å²) in [6.07, 6.45) is 2.88. The predicted molar refractivity (Wildman–Crippen MR) is 94.6 cm³/mol. The third kappa shape index (κ3) is 5.26. The molecule has 8 nitrogen and oxygen atoms in total. The average Bonchev–Trinajstić information content (AvgIpc) is 3.02. The van der Waals surface area contributed by atoms with Gasteiger partial charge < -0.3 is 14.8 Å². The van der Waals surface area contributed by atoms with Crippen molar-refractivity contribution in [3.63, 3.8) is 0 Å². The molecule has 1 N–H and O–H groups in total. The van der Waals surface area contributed by atoms with E-state index in [0.29, 0.717) is 19.0 Å². The molecule has 140 valence electrons. The number of rotatable bonds is 8. The summed E-state index contributed by atoms with van der Waals surface area (Å²) >= 11 is 0. The largest absolute Gasteiger partial charge is 0.353 e. The number of aryl methyl sites for hydroxylation is 1. The summed E-state index contributed by atoms with van der Waals surface area (Å²) in [5, 5.41) is 10.8. The van der Waals surface area contributed by atoms with Crippen LogP contribution in [0.3, 0.4) is 0 Å². The molecule has 0 bridgehead atoms. The van der Waals surface area contributed by atoms with Gasteiger partial charge in [0.15, 0.2) is 5.82 Å². The van der Waals surface area contributed by atoms with Crippen LogP contribution in [-0.4, -0.2) is 69.1 Å². The first-order valence-electron chi connectivity index (χ1n) is 9.04. The summed E-state index contributed by atoms with van der Waals surface area (Å²) in [5.41, 5.74) is 0. The van der Waals surface area contributed by atoms with Crippen molar-refractivity contribution in [3.8, 4) is 0 Å². The van der Waals surface area contributed by atoms with Crippen LogP contribution in [0.4, 0.5) is 0 Å². The number of nitrogens with one attached hydrogen (secondary N) is 1. The summed E-state index contributed by atoms with van der Waals surface area (Å²) in [6, 6.07) is -0.383. The first kappa shape index (κ1) is 19.4. The van der Waals surface area contributed by atoms with Crippen molar-refractivity contribution < 1.29 is 9.59 Å². The van der Waals surface area contributed by atoms with E-state index in [-0.39, 0.29) is 24.3 Å². The van der Waals surface area contributed by atoms with Crippen LogP contribution in [0, 0.1) is 5.92 Å². The van der Waals surface area contributed by atoms with Gasteiger partial charge in [-0.3, -0.25) is 14.5 Å². The lowest BCUT2D eigenvalue weighted by atomic mass is 10.0. The lowest BCUT2D eigenvalue weighted by Gasteiger charge is -2.35. The van der Waals surface area contributed by atoms with E-state index < -0.39 is 0 Å². The molecule has 0 saturated carbocycles. The highest BCUT2D eigenvalue weighted by atomic mass is 16.2. The van der Waals surface area contributed by atoms with Gasteiger partial charge in [0, 0.05) is 26.7 Å². The van der Waals surface area contributed by atoms with Gasteiger partial charge in [0.1, 0.15) is 6.33 Å². The zero-order chi connectivity index (χ0) is 18.4. The number of carbonyl (C=O) groups is 2. The van der Waals surface area contributed by atoms with Crippen molar-refractivity contribution >= 4 is 11.8 Å².